The summed E-state index contributed by atoms with van der Waals surface area (Å²) in [6.07, 6.45) is 1.66. The van der Waals surface area contributed by atoms with Gasteiger partial charge in [0.1, 0.15) is 18.5 Å². The van der Waals surface area contributed by atoms with E-state index in [0.29, 0.717) is 12.2 Å². The normalized spacial score (nSPS) is 18.2. The number of anilines is 1. The second-order valence-electron chi connectivity index (χ2n) is 6.65. The molecule has 0 spiro atoms. The number of fused-ring (bicyclic) bond motifs is 2. The number of benzene rings is 2. The Morgan fingerprint density at radius 3 is 2.74 bits per heavy atom. The molecule has 0 aromatic heterocycles. The van der Waals surface area contributed by atoms with Crippen LogP contribution in [0.5, 0.6) is 5.75 Å². The van der Waals surface area contributed by atoms with E-state index in [9.17, 15) is 9.59 Å². The van der Waals surface area contributed by atoms with Crippen LogP contribution in [0.15, 0.2) is 54.1 Å². The predicted octanol–water partition coefficient (Wildman–Crippen LogP) is 2.13. The molecule has 138 valence electrons. The number of hydrogen-bond donors (Lipinski definition) is 1. The van der Waals surface area contributed by atoms with E-state index in [4.69, 9.17) is 4.74 Å². The van der Waals surface area contributed by atoms with Crippen LogP contribution < -0.4 is 15.0 Å². The average Bonchev–Trinajstić information content (AvgIpc) is 2.71. The van der Waals surface area contributed by atoms with Gasteiger partial charge in [-0.2, -0.15) is 0 Å². The molecule has 2 amide bonds. The third-order valence-corrected chi connectivity index (χ3v) is 5.00. The summed E-state index contributed by atoms with van der Waals surface area (Å²) in [6, 6.07) is 15.2. The lowest BCUT2D eigenvalue weighted by Gasteiger charge is -2.45. The van der Waals surface area contributed by atoms with Crippen molar-refractivity contribution in [3.63, 3.8) is 0 Å². The fourth-order valence-electron chi connectivity index (χ4n) is 3.68. The molecule has 2 heterocycles. The van der Waals surface area contributed by atoms with Crippen molar-refractivity contribution in [2.75, 3.05) is 32.1 Å². The molecule has 6 heteroatoms. The maximum absolute atomic E-state index is 12.9. The van der Waals surface area contributed by atoms with Gasteiger partial charge >= 0.3 is 0 Å². The molecule has 2 aromatic rings. The number of nitrogens with one attached hydrogen (secondary N) is 1. The van der Waals surface area contributed by atoms with Gasteiger partial charge in [0.2, 0.25) is 5.91 Å². The Kier molecular flexibility index (Phi) is 4.32. The highest BCUT2D eigenvalue weighted by Crippen LogP contribution is 2.36. The summed E-state index contributed by atoms with van der Waals surface area (Å²) in [7, 11) is 3.38. The lowest BCUT2D eigenvalue weighted by molar-refractivity contribution is -0.119. The molecular weight excluding hydrogens is 342 g/mol. The summed E-state index contributed by atoms with van der Waals surface area (Å²) < 4.78 is 5.91. The number of ether oxygens (including phenoxy) is 1. The second-order valence-corrected chi connectivity index (χ2v) is 6.65. The first-order valence-corrected chi connectivity index (χ1v) is 8.86. The van der Waals surface area contributed by atoms with E-state index in [-0.39, 0.29) is 18.4 Å². The van der Waals surface area contributed by atoms with Gasteiger partial charge in [0.05, 0.1) is 17.8 Å². The number of rotatable bonds is 3. The molecule has 0 aliphatic carbocycles. The third kappa shape index (κ3) is 2.93. The molecule has 0 saturated carbocycles. The van der Waals surface area contributed by atoms with Crippen LogP contribution in [0, 0.1) is 0 Å². The molecule has 6 nitrogen and oxygen atoms in total. The van der Waals surface area contributed by atoms with E-state index in [1.54, 1.807) is 25.1 Å². The van der Waals surface area contributed by atoms with E-state index in [2.05, 4.69) is 11.4 Å². The first kappa shape index (κ1) is 17.1. The molecule has 0 fully saturated rings. The SMILES string of the molecule is CNC(=O)CN1c2ccccc2C(=O)N(C)C1C1=Cc2ccccc2OC1. The van der Waals surface area contributed by atoms with E-state index in [0.717, 1.165) is 22.6 Å². The van der Waals surface area contributed by atoms with Gasteiger partial charge in [-0.1, -0.05) is 30.3 Å². The van der Waals surface area contributed by atoms with E-state index >= 15 is 0 Å². The Morgan fingerprint density at radius 1 is 1.19 bits per heavy atom. The zero-order valence-corrected chi connectivity index (χ0v) is 15.3. The number of amides is 2. The molecule has 1 N–H and O–H groups in total. The molecule has 2 aliphatic heterocycles. The minimum absolute atomic E-state index is 0.0662. The molecule has 4 rings (SSSR count). The molecule has 0 saturated heterocycles. The molecule has 0 bridgehead atoms. The van der Waals surface area contributed by atoms with Crippen LogP contribution >= 0.6 is 0 Å². The largest absolute Gasteiger partial charge is 0.488 e. The van der Waals surface area contributed by atoms with Crippen LogP contribution in [-0.2, 0) is 4.79 Å². The van der Waals surface area contributed by atoms with Gasteiger partial charge in [-0.15, -0.1) is 0 Å². The Labute approximate surface area is 158 Å². The van der Waals surface area contributed by atoms with Gasteiger partial charge in [0, 0.05) is 25.2 Å². The van der Waals surface area contributed by atoms with Crippen molar-refractivity contribution in [2.45, 2.75) is 6.17 Å². The Bertz CT molecular complexity index is 938. The van der Waals surface area contributed by atoms with Crippen molar-refractivity contribution in [1.29, 1.82) is 0 Å². The summed E-state index contributed by atoms with van der Waals surface area (Å²) in [5.74, 6) is 0.642. The molecule has 0 radical (unpaired) electrons. The number of hydrogen-bond acceptors (Lipinski definition) is 4. The summed E-state index contributed by atoms with van der Waals surface area (Å²) in [4.78, 5) is 28.8. The van der Waals surface area contributed by atoms with Gasteiger partial charge < -0.3 is 19.9 Å². The Morgan fingerprint density at radius 2 is 1.93 bits per heavy atom. The molecule has 1 unspecified atom stereocenters. The standard InChI is InChI=1S/C21H21N3O3/c1-22-19(25)12-24-17-9-5-4-8-16(17)21(26)23(2)20(24)15-11-14-7-3-6-10-18(14)27-13-15/h3-11,20H,12-13H2,1-2H3,(H,22,25). The zero-order chi connectivity index (χ0) is 19.0. The lowest BCUT2D eigenvalue weighted by Crippen LogP contribution is -2.57. The van der Waals surface area contributed by atoms with Crippen LogP contribution in [0.1, 0.15) is 15.9 Å². The van der Waals surface area contributed by atoms with Gasteiger partial charge in [-0.25, -0.2) is 0 Å². The van der Waals surface area contributed by atoms with Crippen LogP contribution in [0.25, 0.3) is 6.08 Å². The van der Waals surface area contributed by atoms with Crippen LogP contribution in [0.4, 0.5) is 5.69 Å². The summed E-state index contributed by atoms with van der Waals surface area (Å²) in [5.41, 5.74) is 3.26. The lowest BCUT2D eigenvalue weighted by atomic mass is 9.99. The number of para-hydroxylation sites is 2. The third-order valence-electron chi connectivity index (χ3n) is 5.00. The van der Waals surface area contributed by atoms with Crippen LogP contribution in [0.2, 0.25) is 0 Å². The predicted molar refractivity (Wildman–Crippen MR) is 104 cm³/mol. The Hall–Kier alpha value is -3.28. The number of carbonyl (C=O) groups is 2. The van der Waals surface area contributed by atoms with Crippen molar-refractivity contribution < 1.29 is 14.3 Å². The quantitative estimate of drug-likeness (QED) is 0.908. The van der Waals surface area contributed by atoms with E-state index in [1.807, 2.05) is 47.4 Å². The molecular formula is C21H21N3O3. The summed E-state index contributed by atoms with van der Waals surface area (Å²) in [5, 5.41) is 2.67. The van der Waals surface area contributed by atoms with E-state index < -0.39 is 6.17 Å². The van der Waals surface area contributed by atoms with Crippen molar-refractivity contribution in [3.05, 3.63) is 65.2 Å². The van der Waals surface area contributed by atoms with Crippen molar-refractivity contribution >= 4 is 23.6 Å². The minimum atomic E-state index is -0.391. The van der Waals surface area contributed by atoms with Gasteiger partial charge in [-0.3, -0.25) is 9.59 Å². The fraction of sp³-hybridized carbons (Fsp3) is 0.238. The highest BCUT2D eigenvalue weighted by atomic mass is 16.5. The Balaban J connectivity index is 1.81. The molecule has 27 heavy (non-hydrogen) atoms. The van der Waals surface area contributed by atoms with Crippen molar-refractivity contribution in [1.82, 2.24) is 10.2 Å². The fourth-order valence-corrected chi connectivity index (χ4v) is 3.68. The van der Waals surface area contributed by atoms with Crippen molar-refractivity contribution in [2.24, 2.45) is 0 Å². The second kappa shape index (κ2) is 6.79. The van der Waals surface area contributed by atoms with Crippen molar-refractivity contribution in [3.8, 4) is 5.75 Å². The topological polar surface area (TPSA) is 61.9 Å². The highest BCUT2D eigenvalue weighted by Gasteiger charge is 2.39. The monoisotopic (exact) mass is 363 g/mol. The summed E-state index contributed by atoms with van der Waals surface area (Å²) >= 11 is 0. The maximum atomic E-state index is 12.9. The average molecular weight is 363 g/mol. The van der Waals surface area contributed by atoms with Crippen LogP contribution in [0.3, 0.4) is 0 Å². The number of carbonyl (C=O) groups excluding carboxylic acids is 2. The molecule has 2 aromatic carbocycles. The first-order valence-electron chi connectivity index (χ1n) is 8.86. The van der Waals surface area contributed by atoms with Crippen LogP contribution in [-0.4, -0.2) is 50.1 Å². The number of likely N-dealkylation sites (N-methyl/N-ethyl adjacent to an activating group) is 2. The van der Waals surface area contributed by atoms with Gasteiger partial charge in [-0.05, 0) is 24.3 Å². The highest BCUT2D eigenvalue weighted by molar-refractivity contribution is 6.03. The van der Waals surface area contributed by atoms with E-state index in [1.165, 1.54) is 0 Å². The van der Waals surface area contributed by atoms with Gasteiger partial charge in [0.25, 0.3) is 5.91 Å². The molecule has 1 atom stereocenters. The maximum Gasteiger partial charge on any atom is 0.257 e. The number of nitrogens with zero attached hydrogens (tertiary/aromatic N) is 2. The first-order chi connectivity index (χ1) is 13.1. The van der Waals surface area contributed by atoms with Gasteiger partial charge in [0.15, 0.2) is 0 Å². The minimum Gasteiger partial charge on any atom is -0.488 e. The molecule has 2 aliphatic rings. The zero-order valence-electron chi connectivity index (χ0n) is 15.3. The smallest absolute Gasteiger partial charge is 0.257 e. The summed E-state index contributed by atoms with van der Waals surface area (Å²) in [6.45, 7) is 0.514.